The summed E-state index contributed by atoms with van der Waals surface area (Å²) in [7, 11) is 2.14. The van der Waals surface area contributed by atoms with Crippen LogP contribution in [0.15, 0.2) is 5.16 Å². The Morgan fingerprint density at radius 1 is 1.50 bits per heavy atom. The molecule has 1 aliphatic heterocycles. The van der Waals surface area contributed by atoms with Gasteiger partial charge in [-0.15, -0.1) is 10.2 Å². The Hall–Kier alpha value is -1.08. The van der Waals surface area contributed by atoms with Gasteiger partial charge in [-0.2, -0.15) is 0 Å². The van der Waals surface area contributed by atoms with Gasteiger partial charge in [0.25, 0.3) is 0 Å². The molecule has 0 saturated carbocycles. The number of hydrogen-bond acceptors (Lipinski definition) is 5. The Bertz CT molecular complexity index is 475. The van der Waals surface area contributed by atoms with E-state index in [-0.39, 0.29) is 11.7 Å². The highest BCUT2D eigenvalue weighted by molar-refractivity contribution is 7.99. The van der Waals surface area contributed by atoms with E-state index in [4.69, 9.17) is 5.11 Å². The first-order valence-electron chi connectivity index (χ1n) is 6.97. The Balaban J connectivity index is 2.17. The maximum atomic E-state index is 10.7. The van der Waals surface area contributed by atoms with Gasteiger partial charge in [0.2, 0.25) is 0 Å². The van der Waals surface area contributed by atoms with Crippen LogP contribution in [0.2, 0.25) is 0 Å². The summed E-state index contributed by atoms with van der Waals surface area (Å²) in [4.78, 5) is 13.1. The molecule has 1 saturated heterocycles. The van der Waals surface area contributed by atoms with Crippen LogP contribution in [-0.4, -0.2) is 56.1 Å². The first-order valence-corrected chi connectivity index (χ1v) is 7.95. The van der Waals surface area contributed by atoms with Gasteiger partial charge in [0.05, 0.1) is 5.75 Å². The van der Waals surface area contributed by atoms with E-state index in [1.54, 1.807) is 0 Å². The average Bonchev–Trinajstić information content (AvgIpc) is 2.95. The molecule has 112 valence electrons. The van der Waals surface area contributed by atoms with Crippen LogP contribution in [0, 0.1) is 0 Å². The van der Waals surface area contributed by atoms with Gasteiger partial charge in [-0.1, -0.05) is 25.6 Å². The van der Waals surface area contributed by atoms with E-state index >= 15 is 0 Å². The molecule has 20 heavy (non-hydrogen) atoms. The van der Waals surface area contributed by atoms with E-state index in [1.807, 2.05) is 0 Å². The second-order valence-electron chi connectivity index (χ2n) is 5.57. The Kier molecular flexibility index (Phi) is 5.04. The minimum atomic E-state index is -0.825. The molecule has 0 aliphatic carbocycles. The molecule has 2 rings (SSSR count). The lowest BCUT2D eigenvalue weighted by Gasteiger charge is -2.22. The number of carbonyl (C=O) groups is 1. The number of hydrogen-bond donors (Lipinski definition) is 1. The van der Waals surface area contributed by atoms with Gasteiger partial charge in [-0.3, -0.25) is 4.79 Å². The first kappa shape index (κ1) is 15.3. The zero-order valence-corrected chi connectivity index (χ0v) is 13.1. The molecule has 1 aliphatic rings. The van der Waals surface area contributed by atoms with Crippen molar-refractivity contribution in [3.8, 4) is 0 Å². The van der Waals surface area contributed by atoms with Crippen molar-refractivity contribution in [1.29, 1.82) is 0 Å². The van der Waals surface area contributed by atoms with Gasteiger partial charge >= 0.3 is 5.97 Å². The summed E-state index contributed by atoms with van der Waals surface area (Å²) < 4.78 is 2.10. The number of likely N-dealkylation sites (N-methyl/N-ethyl adjacent to an activating group) is 1. The van der Waals surface area contributed by atoms with Crippen molar-refractivity contribution in [3.63, 3.8) is 0 Å². The molecule has 1 aromatic heterocycles. The van der Waals surface area contributed by atoms with Gasteiger partial charge in [-0.25, -0.2) is 0 Å². The van der Waals surface area contributed by atoms with E-state index in [0.717, 1.165) is 24.1 Å². The van der Waals surface area contributed by atoms with E-state index in [1.165, 1.54) is 24.6 Å². The molecule has 2 heterocycles. The lowest BCUT2D eigenvalue weighted by Crippen LogP contribution is -2.30. The number of nitrogens with zero attached hydrogens (tertiary/aromatic N) is 4. The van der Waals surface area contributed by atoms with Crippen molar-refractivity contribution in [2.45, 2.75) is 50.4 Å². The van der Waals surface area contributed by atoms with Crippen molar-refractivity contribution in [2.75, 3.05) is 19.3 Å². The number of rotatable bonds is 6. The summed E-state index contributed by atoms with van der Waals surface area (Å²) in [5.74, 6) is 0.428. The molecule has 0 radical (unpaired) electrons. The Morgan fingerprint density at radius 2 is 2.25 bits per heavy atom. The maximum absolute atomic E-state index is 10.7. The number of carboxylic acid groups (broad SMARTS) is 1. The van der Waals surface area contributed by atoms with E-state index in [9.17, 15) is 4.79 Å². The lowest BCUT2D eigenvalue weighted by atomic mass is 10.2. The Morgan fingerprint density at radius 3 is 2.80 bits per heavy atom. The summed E-state index contributed by atoms with van der Waals surface area (Å²) in [6.45, 7) is 6.15. The van der Waals surface area contributed by atoms with Crippen LogP contribution < -0.4 is 0 Å². The topological polar surface area (TPSA) is 71.2 Å². The summed E-state index contributed by atoms with van der Waals surface area (Å²) in [5.41, 5.74) is 0. The van der Waals surface area contributed by atoms with Gasteiger partial charge in [-0.05, 0) is 26.4 Å². The number of carboxylic acids is 1. The van der Waals surface area contributed by atoms with Crippen LogP contribution in [0.25, 0.3) is 0 Å². The summed E-state index contributed by atoms with van der Waals surface area (Å²) in [6, 6.07) is 0.493. The normalized spacial score (nSPS) is 19.9. The van der Waals surface area contributed by atoms with Crippen LogP contribution in [-0.2, 0) is 11.3 Å². The first-order chi connectivity index (χ1) is 9.49. The van der Waals surface area contributed by atoms with Crippen molar-refractivity contribution in [3.05, 3.63) is 5.82 Å². The fraction of sp³-hybridized carbons (Fsp3) is 0.769. The van der Waals surface area contributed by atoms with Crippen molar-refractivity contribution < 1.29 is 9.90 Å². The fourth-order valence-electron chi connectivity index (χ4n) is 2.55. The second-order valence-corrected chi connectivity index (χ2v) is 6.51. The molecule has 1 fully saturated rings. The third-order valence-electron chi connectivity index (χ3n) is 3.65. The van der Waals surface area contributed by atoms with Crippen molar-refractivity contribution in [1.82, 2.24) is 19.7 Å². The van der Waals surface area contributed by atoms with Crippen LogP contribution in [0.1, 0.15) is 38.4 Å². The summed E-state index contributed by atoms with van der Waals surface area (Å²) >= 11 is 1.25. The van der Waals surface area contributed by atoms with Gasteiger partial charge in [0.15, 0.2) is 5.16 Å². The van der Waals surface area contributed by atoms with E-state index < -0.39 is 5.97 Å². The van der Waals surface area contributed by atoms with E-state index in [2.05, 4.69) is 40.6 Å². The quantitative estimate of drug-likeness (QED) is 0.806. The molecule has 0 spiro atoms. The highest BCUT2D eigenvalue weighted by atomic mass is 32.2. The zero-order valence-electron chi connectivity index (χ0n) is 12.2. The maximum Gasteiger partial charge on any atom is 0.313 e. The highest BCUT2D eigenvalue weighted by Gasteiger charge is 2.25. The van der Waals surface area contributed by atoms with Crippen molar-refractivity contribution >= 4 is 17.7 Å². The SMILES string of the molecule is CC(C)c1nnc(SCC(=O)O)n1CC1CCCN1C. The molecule has 0 amide bonds. The largest absolute Gasteiger partial charge is 0.481 e. The molecule has 1 N–H and O–H groups in total. The van der Waals surface area contributed by atoms with Gasteiger partial charge < -0.3 is 14.6 Å². The smallest absolute Gasteiger partial charge is 0.313 e. The molecule has 1 aromatic rings. The van der Waals surface area contributed by atoms with Crippen LogP contribution in [0.5, 0.6) is 0 Å². The van der Waals surface area contributed by atoms with E-state index in [0.29, 0.717) is 6.04 Å². The minimum Gasteiger partial charge on any atom is -0.481 e. The predicted molar refractivity (Wildman–Crippen MR) is 78.1 cm³/mol. The number of aromatic nitrogens is 3. The second kappa shape index (κ2) is 6.58. The minimum absolute atomic E-state index is 0.0245. The van der Waals surface area contributed by atoms with Crippen LogP contribution in [0.3, 0.4) is 0 Å². The molecule has 0 bridgehead atoms. The number of aliphatic carboxylic acids is 1. The summed E-state index contributed by atoms with van der Waals surface area (Å²) in [5, 5.41) is 18.0. The molecular weight excluding hydrogens is 276 g/mol. The Labute approximate surface area is 123 Å². The standard InChI is InChI=1S/C13H22N4O2S/c1-9(2)12-14-15-13(20-8-11(18)19)17(12)7-10-5-4-6-16(10)3/h9-10H,4-8H2,1-3H3,(H,18,19). The molecule has 1 atom stereocenters. The van der Waals surface area contributed by atoms with Gasteiger partial charge in [0.1, 0.15) is 5.82 Å². The molecular formula is C13H22N4O2S. The molecule has 1 unspecified atom stereocenters. The zero-order chi connectivity index (χ0) is 14.7. The van der Waals surface area contributed by atoms with Gasteiger partial charge in [0, 0.05) is 18.5 Å². The van der Waals surface area contributed by atoms with Crippen molar-refractivity contribution in [2.24, 2.45) is 0 Å². The molecule has 6 nitrogen and oxygen atoms in total. The third-order valence-corrected chi connectivity index (χ3v) is 4.60. The third kappa shape index (κ3) is 3.52. The monoisotopic (exact) mass is 298 g/mol. The van der Waals surface area contributed by atoms with Crippen LogP contribution >= 0.6 is 11.8 Å². The summed E-state index contributed by atoms with van der Waals surface area (Å²) in [6.07, 6.45) is 2.40. The lowest BCUT2D eigenvalue weighted by molar-refractivity contribution is -0.133. The molecule has 0 aromatic carbocycles. The number of thioether (sulfide) groups is 1. The number of likely N-dealkylation sites (tertiary alicyclic amines) is 1. The average molecular weight is 298 g/mol. The fourth-order valence-corrected chi connectivity index (χ4v) is 3.23. The highest BCUT2D eigenvalue weighted by Crippen LogP contribution is 2.24. The molecule has 7 heteroatoms. The predicted octanol–water partition coefficient (Wildman–Crippen LogP) is 1.67. The van der Waals surface area contributed by atoms with Crippen LogP contribution in [0.4, 0.5) is 0 Å².